The van der Waals surface area contributed by atoms with Crippen LogP contribution in [0.25, 0.3) is 0 Å². The lowest BCUT2D eigenvalue weighted by molar-refractivity contribution is -0.385. The molecule has 0 radical (unpaired) electrons. The monoisotopic (exact) mass is 279 g/mol. The number of ether oxygens (including phenoxy) is 2. The van der Waals surface area contributed by atoms with Gasteiger partial charge in [-0.05, 0) is 18.4 Å². The van der Waals surface area contributed by atoms with Crippen molar-refractivity contribution in [2.75, 3.05) is 13.7 Å². The highest BCUT2D eigenvalue weighted by Gasteiger charge is 2.15. The van der Waals surface area contributed by atoms with Gasteiger partial charge in [-0.3, -0.25) is 10.1 Å². The number of nitro groups is 1. The van der Waals surface area contributed by atoms with E-state index < -0.39 is 4.92 Å². The van der Waals surface area contributed by atoms with E-state index in [-0.39, 0.29) is 5.69 Å². The molecule has 1 aromatic rings. The molecule has 2 rings (SSSR count). The quantitative estimate of drug-likeness (QED) is 0.584. The molecule has 0 saturated heterocycles. The Kier molecular flexibility index (Phi) is 5.21. The second-order valence-corrected chi connectivity index (χ2v) is 5.23. The Hall–Kier alpha value is -1.78. The summed E-state index contributed by atoms with van der Waals surface area (Å²) in [4.78, 5) is 10.4. The topological polar surface area (TPSA) is 61.6 Å². The van der Waals surface area contributed by atoms with Crippen LogP contribution in [0.15, 0.2) is 18.2 Å². The number of hydrogen-bond acceptors (Lipinski definition) is 4. The molecule has 0 unspecified atom stereocenters. The molecule has 5 nitrogen and oxygen atoms in total. The Morgan fingerprint density at radius 1 is 1.25 bits per heavy atom. The predicted molar refractivity (Wildman–Crippen MR) is 76.3 cm³/mol. The maximum absolute atomic E-state index is 10.8. The highest BCUT2D eigenvalue weighted by molar-refractivity contribution is 5.48. The van der Waals surface area contributed by atoms with E-state index in [1.807, 2.05) is 0 Å². The smallest absolute Gasteiger partial charge is 0.273 e. The van der Waals surface area contributed by atoms with Crippen molar-refractivity contribution < 1.29 is 14.4 Å². The van der Waals surface area contributed by atoms with Gasteiger partial charge in [0.2, 0.25) is 0 Å². The van der Waals surface area contributed by atoms with Crippen molar-refractivity contribution >= 4 is 5.69 Å². The molecule has 0 atom stereocenters. The number of nitro benzene ring substituents is 1. The molecule has 20 heavy (non-hydrogen) atoms. The SMILES string of the molecule is COc1ccc([N+](=O)[O-])cc1OCCC1CCCCC1. The van der Waals surface area contributed by atoms with Crippen molar-refractivity contribution in [2.45, 2.75) is 38.5 Å². The van der Waals surface area contributed by atoms with Crippen LogP contribution < -0.4 is 9.47 Å². The fraction of sp³-hybridized carbons (Fsp3) is 0.600. The van der Waals surface area contributed by atoms with E-state index in [2.05, 4.69) is 0 Å². The first kappa shape index (κ1) is 14.6. The number of nitrogens with zero attached hydrogens (tertiary/aromatic N) is 1. The van der Waals surface area contributed by atoms with Crippen molar-refractivity contribution in [1.29, 1.82) is 0 Å². The van der Waals surface area contributed by atoms with Gasteiger partial charge in [0.1, 0.15) is 0 Å². The lowest BCUT2D eigenvalue weighted by atomic mass is 9.87. The van der Waals surface area contributed by atoms with E-state index in [1.165, 1.54) is 51.3 Å². The van der Waals surface area contributed by atoms with Gasteiger partial charge in [0, 0.05) is 6.07 Å². The molecule has 0 bridgehead atoms. The summed E-state index contributed by atoms with van der Waals surface area (Å²) in [5, 5.41) is 10.8. The minimum Gasteiger partial charge on any atom is -0.493 e. The lowest BCUT2D eigenvalue weighted by Gasteiger charge is -2.21. The molecule has 110 valence electrons. The molecule has 0 aromatic heterocycles. The highest BCUT2D eigenvalue weighted by atomic mass is 16.6. The Labute approximate surface area is 119 Å². The van der Waals surface area contributed by atoms with Crippen LogP contribution in [0.5, 0.6) is 11.5 Å². The fourth-order valence-corrected chi connectivity index (χ4v) is 2.70. The third-order valence-electron chi connectivity index (χ3n) is 3.87. The van der Waals surface area contributed by atoms with Gasteiger partial charge < -0.3 is 9.47 Å². The summed E-state index contributed by atoms with van der Waals surface area (Å²) in [6, 6.07) is 4.43. The molecule has 1 aromatic carbocycles. The van der Waals surface area contributed by atoms with Crippen LogP contribution in [0.2, 0.25) is 0 Å². The van der Waals surface area contributed by atoms with E-state index in [1.54, 1.807) is 6.07 Å². The van der Waals surface area contributed by atoms with Crippen molar-refractivity contribution in [1.82, 2.24) is 0 Å². The standard InChI is InChI=1S/C15H21NO4/c1-19-14-8-7-13(16(17)18)11-15(14)20-10-9-12-5-3-2-4-6-12/h7-8,11-12H,2-6,9-10H2,1H3. The second-order valence-electron chi connectivity index (χ2n) is 5.23. The second kappa shape index (κ2) is 7.12. The summed E-state index contributed by atoms with van der Waals surface area (Å²) < 4.78 is 10.9. The molecule has 1 aliphatic rings. The first-order chi connectivity index (χ1) is 9.70. The van der Waals surface area contributed by atoms with Crippen molar-refractivity contribution in [3.8, 4) is 11.5 Å². The fourth-order valence-electron chi connectivity index (χ4n) is 2.70. The lowest BCUT2D eigenvalue weighted by Crippen LogP contribution is -2.11. The number of hydrogen-bond donors (Lipinski definition) is 0. The molecule has 1 saturated carbocycles. The van der Waals surface area contributed by atoms with Crippen molar-refractivity contribution in [3.63, 3.8) is 0 Å². The van der Waals surface area contributed by atoms with E-state index in [0.29, 0.717) is 18.1 Å². The predicted octanol–water partition coefficient (Wildman–Crippen LogP) is 3.95. The average molecular weight is 279 g/mol. The van der Waals surface area contributed by atoms with E-state index in [0.717, 1.165) is 12.3 Å². The van der Waals surface area contributed by atoms with Crippen molar-refractivity contribution in [2.24, 2.45) is 5.92 Å². The molecule has 1 aliphatic carbocycles. The Bertz CT molecular complexity index is 455. The van der Waals surface area contributed by atoms with Crippen LogP contribution in [0, 0.1) is 16.0 Å². The summed E-state index contributed by atoms with van der Waals surface area (Å²) >= 11 is 0. The van der Waals surface area contributed by atoms with Crippen molar-refractivity contribution in [3.05, 3.63) is 28.3 Å². The Morgan fingerprint density at radius 2 is 2.00 bits per heavy atom. The van der Waals surface area contributed by atoms with E-state index >= 15 is 0 Å². The van der Waals surface area contributed by atoms with Crippen LogP contribution in [0.1, 0.15) is 38.5 Å². The molecule has 0 amide bonds. The third-order valence-corrected chi connectivity index (χ3v) is 3.87. The molecule has 0 spiro atoms. The normalized spacial score (nSPS) is 15.8. The third kappa shape index (κ3) is 3.85. The van der Waals surface area contributed by atoms with Crippen LogP contribution in [-0.2, 0) is 0 Å². The van der Waals surface area contributed by atoms with Crippen LogP contribution >= 0.6 is 0 Å². The summed E-state index contributed by atoms with van der Waals surface area (Å²) in [6.07, 6.45) is 7.52. The zero-order chi connectivity index (χ0) is 14.4. The van der Waals surface area contributed by atoms with Crippen LogP contribution in [0.3, 0.4) is 0 Å². The maximum Gasteiger partial charge on any atom is 0.273 e. The number of methoxy groups -OCH3 is 1. The van der Waals surface area contributed by atoms with E-state index in [9.17, 15) is 10.1 Å². The maximum atomic E-state index is 10.8. The van der Waals surface area contributed by atoms with Gasteiger partial charge in [0.25, 0.3) is 5.69 Å². The summed E-state index contributed by atoms with van der Waals surface area (Å²) in [7, 11) is 1.54. The molecule has 0 aliphatic heterocycles. The molecule has 1 fully saturated rings. The zero-order valence-corrected chi connectivity index (χ0v) is 11.8. The Morgan fingerprint density at radius 3 is 2.65 bits per heavy atom. The highest BCUT2D eigenvalue weighted by Crippen LogP contribution is 2.32. The largest absolute Gasteiger partial charge is 0.493 e. The molecule has 5 heteroatoms. The van der Waals surface area contributed by atoms with Gasteiger partial charge in [0.15, 0.2) is 11.5 Å². The first-order valence-electron chi connectivity index (χ1n) is 7.16. The van der Waals surface area contributed by atoms with Gasteiger partial charge in [-0.25, -0.2) is 0 Å². The minimum absolute atomic E-state index is 0.0264. The van der Waals surface area contributed by atoms with E-state index in [4.69, 9.17) is 9.47 Å². The van der Waals surface area contributed by atoms with Gasteiger partial charge in [-0.2, -0.15) is 0 Å². The molecule has 0 N–H and O–H groups in total. The van der Waals surface area contributed by atoms with Crippen LogP contribution in [0.4, 0.5) is 5.69 Å². The van der Waals surface area contributed by atoms with Gasteiger partial charge in [-0.1, -0.05) is 32.1 Å². The van der Waals surface area contributed by atoms with Crippen LogP contribution in [-0.4, -0.2) is 18.6 Å². The minimum atomic E-state index is -0.423. The summed E-state index contributed by atoms with van der Waals surface area (Å²) in [5.41, 5.74) is 0.0264. The number of benzene rings is 1. The summed E-state index contributed by atoms with van der Waals surface area (Å²) in [6.45, 7) is 0.586. The number of rotatable bonds is 6. The number of non-ortho nitro benzene ring substituents is 1. The molecular weight excluding hydrogens is 258 g/mol. The molecular formula is C15H21NO4. The van der Waals surface area contributed by atoms with Gasteiger partial charge >= 0.3 is 0 Å². The average Bonchev–Trinajstić information content (AvgIpc) is 2.48. The zero-order valence-electron chi connectivity index (χ0n) is 11.8. The Balaban J connectivity index is 1.93. The van der Waals surface area contributed by atoms with Gasteiger partial charge in [0.05, 0.1) is 24.7 Å². The van der Waals surface area contributed by atoms with Gasteiger partial charge in [-0.15, -0.1) is 0 Å². The summed E-state index contributed by atoms with van der Waals surface area (Å²) in [5.74, 6) is 1.73. The first-order valence-corrected chi connectivity index (χ1v) is 7.16. The molecule has 0 heterocycles.